The van der Waals surface area contributed by atoms with Gasteiger partial charge in [0.1, 0.15) is 13.2 Å². The Morgan fingerprint density at radius 2 is 1.17 bits per heavy atom. The highest BCUT2D eigenvalue weighted by molar-refractivity contribution is 6.42. The largest absolute Gasteiger partial charge is 0.487 e. The summed E-state index contributed by atoms with van der Waals surface area (Å²) in [6.45, 7) is 2.63. The number of rotatable bonds is 2. The third-order valence-electron chi connectivity index (χ3n) is 4.35. The van der Waals surface area contributed by atoms with Gasteiger partial charge in [0, 0.05) is 18.7 Å². The molecule has 1 aliphatic heterocycles. The summed E-state index contributed by atoms with van der Waals surface area (Å²) in [6.07, 6.45) is 0. The molecule has 29 heavy (non-hydrogen) atoms. The summed E-state index contributed by atoms with van der Waals surface area (Å²) in [4.78, 5) is 26.6. The molecule has 0 unspecified atom stereocenters. The van der Waals surface area contributed by atoms with E-state index in [0.29, 0.717) is 69.8 Å². The Morgan fingerprint density at radius 3 is 1.72 bits per heavy atom. The van der Waals surface area contributed by atoms with Crippen LogP contribution in [0, 0.1) is 0 Å². The molecule has 7 nitrogen and oxygen atoms in total. The van der Waals surface area contributed by atoms with Gasteiger partial charge in [0.2, 0.25) is 5.78 Å². The predicted octanol–water partition coefficient (Wildman–Crippen LogP) is 2.20. The summed E-state index contributed by atoms with van der Waals surface area (Å²) >= 11 is 0. The van der Waals surface area contributed by atoms with Gasteiger partial charge in [0.25, 0.3) is 5.91 Å². The first kappa shape index (κ1) is 20.8. The minimum Gasteiger partial charge on any atom is -0.487 e. The lowest BCUT2D eigenvalue weighted by atomic mass is 10.1. The van der Waals surface area contributed by atoms with Crippen molar-refractivity contribution < 1.29 is 28.5 Å². The molecular formula is C22H25NO6. The molecule has 0 saturated heterocycles. The zero-order valence-corrected chi connectivity index (χ0v) is 16.2. The van der Waals surface area contributed by atoms with Gasteiger partial charge in [-0.05, 0) is 12.1 Å². The van der Waals surface area contributed by atoms with Crippen LogP contribution in [0.1, 0.15) is 10.4 Å². The van der Waals surface area contributed by atoms with Gasteiger partial charge in [-0.15, -0.1) is 0 Å². The maximum atomic E-state index is 12.7. The summed E-state index contributed by atoms with van der Waals surface area (Å²) in [5, 5.41) is 0. The first-order chi connectivity index (χ1) is 14.3. The molecule has 1 aliphatic rings. The molecule has 0 bridgehead atoms. The quantitative estimate of drug-likeness (QED) is 0.569. The van der Waals surface area contributed by atoms with Crippen LogP contribution in [0.3, 0.4) is 0 Å². The van der Waals surface area contributed by atoms with Crippen molar-refractivity contribution in [3.63, 3.8) is 0 Å². The van der Waals surface area contributed by atoms with Gasteiger partial charge in [-0.3, -0.25) is 9.59 Å². The molecule has 0 radical (unpaired) electrons. The van der Waals surface area contributed by atoms with Gasteiger partial charge in [-0.25, -0.2) is 0 Å². The van der Waals surface area contributed by atoms with E-state index in [1.54, 1.807) is 30.3 Å². The van der Waals surface area contributed by atoms with Crippen molar-refractivity contribution in [2.75, 3.05) is 52.7 Å². The first-order valence-electron chi connectivity index (χ1n) is 9.64. The van der Waals surface area contributed by atoms with E-state index < -0.39 is 11.7 Å². The Hall–Kier alpha value is -2.90. The number of carbonyl (C=O) groups is 2. The lowest BCUT2D eigenvalue weighted by Gasteiger charge is -2.22. The number of Topliss-reactive ketones (excluding diaryl/α,β-unsaturated/α-hetero) is 1. The van der Waals surface area contributed by atoms with Crippen LogP contribution in [-0.2, 0) is 14.3 Å². The number of hydrogen-bond acceptors (Lipinski definition) is 6. The topological polar surface area (TPSA) is 74.3 Å². The molecule has 154 valence electrons. The monoisotopic (exact) mass is 399 g/mol. The molecule has 1 heterocycles. The number of fused-ring (bicyclic) bond motifs is 1. The van der Waals surface area contributed by atoms with Crippen molar-refractivity contribution in [1.82, 2.24) is 4.90 Å². The van der Waals surface area contributed by atoms with E-state index >= 15 is 0 Å². The van der Waals surface area contributed by atoms with Gasteiger partial charge in [0.15, 0.2) is 11.5 Å². The van der Waals surface area contributed by atoms with Crippen LogP contribution in [0.15, 0.2) is 54.6 Å². The number of amides is 1. The first-order valence-corrected chi connectivity index (χ1v) is 9.64. The normalized spacial score (nSPS) is 16.3. The second-order valence-electron chi connectivity index (χ2n) is 6.36. The zero-order valence-electron chi connectivity index (χ0n) is 16.2. The molecule has 0 aromatic heterocycles. The van der Waals surface area contributed by atoms with Crippen LogP contribution in [-0.4, -0.2) is 69.3 Å². The Morgan fingerprint density at radius 1 is 0.655 bits per heavy atom. The zero-order chi connectivity index (χ0) is 20.3. The highest BCUT2D eigenvalue weighted by atomic mass is 16.6. The molecule has 0 aliphatic carbocycles. The third kappa shape index (κ3) is 6.30. The maximum Gasteiger partial charge on any atom is 0.295 e. The smallest absolute Gasteiger partial charge is 0.295 e. The number of ketones is 1. The van der Waals surface area contributed by atoms with E-state index in [1.807, 2.05) is 24.3 Å². The summed E-state index contributed by atoms with van der Waals surface area (Å²) in [5.74, 6) is 0.200. The van der Waals surface area contributed by atoms with Crippen molar-refractivity contribution in [2.45, 2.75) is 0 Å². The Kier molecular flexibility index (Phi) is 8.03. The Labute approximate surface area is 170 Å². The van der Waals surface area contributed by atoms with E-state index in [9.17, 15) is 9.59 Å². The van der Waals surface area contributed by atoms with E-state index in [1.165, 1.54) is 4.90 Å². The summed E-state index contributed by atoms with van der Waals surface area (Å²) in [7, 11) is 0. The molecule has 2 aromatic carbocycles. The molecule has 0 atom stereocenters. The van der Waals surface area contributed by atoms with E-state index in [0.717, 1.165) is 0 Å². The number of benzene rings is 2. The fraction of sp³-hybridized carbons (Fsp3) is 0.364. The summed E-state index contributed by atoms with van der Waals surface area (Å²) < 4.78 is 22.6. The molecule has 3 rings (SSSR count). The fourth-order valence-electron chi connectivity index (χ4n) is 2.83. The lowest BCUT2D eigenvalue weighted by molar-refractivity contribution is -0.128. The van der Waals surface area contributed by atoms with Crippen molar-refractivity contribution in [3.05, 3.63) is 60.2 Å². The van der Waals surface area contributed by atoms with Crippen LogP contribution in [0.5, 0.6) is 11.5 Å². The lowest BCUT2D eigenvalue weighted by Crippen LogP contribution is -2.41. The number of hydrogen-bond donors (Lipinski definition) is 0. The minimum absolute atomic E-state index is 0.299. The van der Waals surface area contributed by atoms with Crippen LogP contribution >= 0.6 is 0 Å². The summed E-state index contributed by atoms with van der Waals surface area (Å²) in [5.41, 5.74) is 0.370. The molecule has 0 saturated carbocycles. The third-order valence-corrected chi connectivity index (χ3v) is 4.35. The second-order valence-corrected chi connectivity index (χ2v) is 6.36. The van der Waals surface area contributed by atoms with Crippen LogP contribution in [0.4, 0.5) is 0 Å². The number of nitrogens with zero attached hydrogens (tertiary/aromatic N) is 1. The maximum absolute atomic E-state index is 12.7. The van der Waals surface area contributed by atoms with Gasteiger partial charge < -0.3 is 23.8 Å². The molecule has 0 fully saturated rings. The van der Waals surface area contributed by atoms with Crippen molar-refractivity contribution in [2.24, 2.45) is 0 Å². The SMILES string of the molecule is O=C(C(=O)N1CCOCCOc2ccccc2OCCOCC1)c1ccccc1. The van der Waals surface area contributed by atoms with Crippen molar-refractivity contribution in [1.29, 1.82) is 0 Å². The highest BCUT2D eigenvalue weighted by Crippen LogP contribution is 2.26. The van der Waals surface area contributed by atoms with Gasteiger partial charge in [-0.2, -0.15) is 0 Å². The molecular weight excluding hydrogens is 374 g/mol. The number of ether oxygens (including phenoxy) is 4. The molecule has 0 N–H and O–H groups in total. The van der Waals surface area contributed by atoms with E-state index in [4.69, 9.17) is 18.9 Å². The molecule has 7 heteroatoms. The number of carbonyl (C=O) groups excluding carboxylic acids is 2. The molecule has 2 aromatic rings. The van der Waals surface area contributed by atoms with Gasteiger partial charge in [0.05, 0.1) is 26.4 Å². The molecule has 1 amide bonds. The van der Waals surface area contributed by atoms with Crippen LogP contribution in [0.25, 0.3) is 0 Å². The van der Waals surface area contributed by atoms with Crippen LogP contribution in [0.2, 0.25) is 0 Å². The Bertz CT molecular complexity index is 760. The number of para-hydroxylation sites is 2. The average Bonchev–Trinajstić information content (AvgIpc) is 2.77. The fourth-order valence-corrected chi connectivity index (χ4v) is 2.83. The summed E-state index contributed by atoms with van der Waals surface area (Å²) in [6, 6.07) is 16.0. The van der Waals surface area contributed by atoms with Crippen LogP contribution < -0.4 is 9.47 Å². The van der Waals surface area contributed by atoms with Gasteiger partial charge >= 0.3 is 0 Å². The predicted molar refractivity (Wildman–Crippen MR) is 106 cm³/mol. The van der Waals surface area contributed by atoms with Crippen molar-refractivity contribution >= 4 is 11.7 Å². The minimum atomic E-state index is -0.562. The Balaban J connectivity index is 1.59. The molecule has 0 spiro atoms. The average molecular weight is 399 g/mol. The standard InChI is InChI=1S/C22H25NO6/c24-21(18-6-2-1-3-7-18)22(25)23-10-12-26-14-16-28-19-8-4-5-9-20(19)29-17-15-27-13-11-23/h1-9H,10-17H2. The van der Waals surface area contributed by atoms with E-state index in [2.05, 4.69) is 0 Å². The van der Waals surface area contributed by atoms with Crippen molar-refractivity contribution in [3.8, 4) is 11.5 Å². The van der Waals surface area contributed by atoms with E-state index in [-0.39, 0.29) is 0 Å². The highest BCUT2D eigenvalue weighted by Gasteiger charge is 2.23. The van der Waals surface area contributed by atoms with Gasteiger partial charge in [-0.1, -0.05) is 42.5 Å². The second kappa shape index (κ2) is 11.2.